The first-order chi connectivity index (χ1) is 13.7. The monoisotopic (exact) mass is 513 g/mol. The molecular weight excluding hydrogens is 477 g/mol. The zero-order chi connectivity index (χ0) is 19.8. The number of likely N-dealkylation sites (tertiary alicyclic amines) is 1. The second kappa shape index (κ2) is 12.4. The third-order valence-electron chi connectivity index (χ3n) is 5.98. The molecule has 1 saturated heterocycles. The first kappa shape index (κ1) is 23.9. The number of hydrogen-bond acceptors (Lipinski definition) is 3. The minimum Gasteiger partial charge on any atom is -0.352 e. The lowest BCUT2D eigenvalue weighted by Gasteiger charge is -2.24. The molecule has 2 N–H and O–H groups in total. The van der Waals surface area contributed by atoms with Crippen molar-refractivity contribution in [2.24, 2.45) is 4.99 Å². The number of likely N-dealkylation sites (N-methyl/N-ethyl adjacent to an activating group) is 1. The number of halogens is 1. The van der Waals surface area contributed by atoms with Gasteiger partial charge in [0.2, 0.25) is 5.91 Å². The smallest absolute Gasteiger partial charge is 0.242 e. The third-order valence-corrected chi connectivity index (χ3v) is 5.98. The van der Waals surface area contributed by atoms with E-state index in [2.05, 4.69) is 32.7 Å². The van der Waals surface area contributed by atoms with Gasteiger partial charge in [0.25, 0.3) is 0 Å². The molecule has 2 fully saturated rings. The number of nitrogens with one attached hydrogen (secondary N) is 2. The van der Waals surface area contributed by atoms with Gasteiger partial charge in [0.05, 0.1) is 6.54 Å². The van der Waals surface area contributed by atoms with Crippen molar-refractivity contribution in [2.45, 2.75) is 57.7 Å². The molecule has 1 aromatic rings. The highest BCUT2D eigenvalue weighted by atomic mass is 127. The van der Waals surface area contributed by atoms with E-state index in [0.29, 0.717) is 19.1 Å². The molecule has 3 rings (SSSR count). The van der Waals surface area contributed by atoms with Crippen molar-refractivity contribution in [3.63, 3.8) is 0 Å². The first-order valence-electron chi connectivity index (χ1n) is 10.7. The van der Waals surface area contributed by atoms with Gasteiger partial charge in [-0.25, -0.2) is 0 Å². The van der Waals surface area contributed by atoms with Crippen molar-refractivity contribution < 1.29 is 4.79 Å². The lowest BCUT2D eigenvalue weighted by atomic mass is 10.2. The van der Waals surface area contributed by atoms with Crippen LogP contribution in [0.2, 0.25) is 0 Å². The highest BCUT2D eigenvalue weighted by molar-refractivity contribution is 14.0. The largest absolute Gasteiger partial charge is 0.352 e. The van der Waals surface area contributed by atoms with Gasteiger partial charge in [-0.2, -0.15) is 0 Å². The summed E-state index contributed by atoms with van der Waals surface area (Å²) in [6.45, 7) is 5.86. The molecule has 1 saturated carbocycles. The highest BCUT2D eigenvalue weighted by Gasteiger charge is 2.30. The van der Waals surface area contributed by atoms with Crippen molar-refractivity contribution in [1.82, 2.24) is 20.4 Å². The fraction of sp³-hybridized carbons (Fsp3) is 0.636. The number of carbonyl (C=O) groups is 1. The fourth-order valence-electron chi connectivity index (χ4n) is 4.35. The van der Waals surface area contributed by atoms with Crippen LogP contribution in [0.25, 0.3) is 0 Å². The molecule has 1 amide bonds. The van der Waals surface area contributed by atoms with Crippen molar-refractivity contribution in [1.29, 1.82) is 0 Å². The van der Waals surface area contributed by atoms with Crippen molar-refractivity contribution in [2.75, 3.05) is 33.2 Å². The maximum absolute atomic E-state index is 12.6. The summed E-state index contributed by atoms with van der Waals surface area (Å²) in [7, 11) is 1.77. The number of benzene rings is 1. The van der Waals surface area contributed by atoms with Crippen LogP contribution in [0.15, 0.2) is 35.3 Å². The van der Waals surface area contributed by atoms with Gasteiger partial charge in [-0.15, -0.1) is 24.0 Å². The first-order valence-corrected chi connectivity index (χ1v) is 10.7. The van der Waals surface area contributed by atoms with Gasteiger partial charge < -0.3 is 15.5 Å². The zero-order valence-corrected chi connectivity index (χ0v) is 20.1. The lowest BCUT2D eigenvalue weighted by Crippen LogP contribution is -2.48. The van der Waals surface area contributed by atoms with Crippen molar-refractivity contribution in [3.05, 3.63) is 35.9 Å². The van der Waals surface area contributed by atoms with Gasteiger partial charge in [-0.05, 0) is 31.7 Å². The minimum atomic E-state index is 0. The summed E-state index contributed by atoms with van der Waals surface area (Å²) in [6.07, 6.45) is 6.59. The third kappa shape index (κ3) is 7.13. The summed E-state index contributed by atoms with van der Waals surface area (Å²) >= 11 is 0. The van der Waals surface area contributed by atoms with Crippen LogP contribution >= 0.6 is 24.0 Å². The average Bonchev–Trinajstić information content (AvgIpc) is 3.41. The Kier molecular flexibility index (Phi) is 10.2. The van der Waals surface area contributed by atoms with E-state index >= 15 is 0 Å². The van der Waals surface area contributed by atoms with Crippen LogP contribution in [0.5, 0.6) is 0 Å². The number of amides is 1. The van der Waals surface area contributed by atoms with E-state index in [9.17, 15) is 4.79 Å². The van der Waals surface area contributed by atoms with Crippen LogP contribution in [0.3, 0.4) is 0 Å². The van der Waals surface area contributed by atoms with Crippen LogP contribution in [-0.4, -0.2) is 67.0 Å². The Hall–Kier alpha value is -1.35. The second-order valence-electron chi connectivity index (χ2n) is 7.88. The molecule has 1 aliphatic carbocycles. The van der Waals surface area contributed by atoms with Gasteiger partial charge in [-0.1, -0.05) is 43.2 Å². The summed E-state index contributed by atoms with van der Waals surface area (Å²) in [5, 5.41) is 6.72. The average molecular weight is 513 g/mol. The van der Waals surface area contributed by atoms with Crippen LogP contribution < -0.4 is 10.6 Å². The molecule has 0 aromatic heterocycles. The molecule has 162 valence electrons. The minimum absolute atomic E-state index is 0. The number of rotatable bonds is 7. The van der Waals surface area contributed by atoms with Gasteiger partial charge >= 0.3 is 0 Å². The second-order valence-corrected chi connectivity index (χ2v) is 7.88. The molecule has 0 radical (unpaired) electrons. The van der Waals surface area contributed by atoms with Crippen molar-refractivity contribution >= 4 is 35.8 Å². The maximum Gasteiger partial charge on any atom is 0.242 e. The Morgan fingerprint density at radius 2 is 1.93 bits per heavy atom. The molecule has 6 nitrogen and oxygen atoms in total. The fourth-order valence-corrected chi connectivity index (χ4v) is 4.35. The van der Waals surface area contributed by atoms with E-state index < -0.39 is 0 Å². The summed E-state index contributed by atoms with van der Waals surface area (Å²) in [5.41, 5.74) is 1.15. The molecule has 0 spiro atoms. The summed E-state index contributed by atoms with van der Waals surface area (Å²) in [6, 6.07) is 11.3. The molecule has 29 heavy (non-hydrogen) atoms. The van der Waals surface area contributed by atoms with Gasteiger partial charge in [-0.3, -0.25) is 14.7 Å². The van der Waals surface area contributed by atoms with E-state index in [1.165, 1.54) is 32.2 Å². The lowest BCUT2D eigenvalue weighted by molar-refractivity contribution is -0.130. The standard InChI is InChI=1S/C22H35N5O.HI/c1-3-26(16-18-9-5-4-6-10-18)21(28)15-24-22(23-2)25-19-13-14-27(17-19)20-11-7-8-12-20;/h4-6,9-10,19-20H,3,7-8,11-17H2,1-2H3,(H2,23,24,25);1H. The van der Waals surface area contributed by atoms with E-state index in [4.69, 9.17) is 0 Å². The number of aliphatic imine (C=N–C) groups is 1. The van der Waals surface area contributed by atoms with Gasteiger partial charge in [0.1, 0.15) is 0 Å². The molecule has 1 aromatic carbocycles. The van der Waals surface area contributed by atoms with E-state index in [1.54, 1.807) is 7.05 Å². The topological polar surface area (TPSA) is 60.0 Å². The van der Waals surface area contributed by atoms with Gasteiger partial charge in [0, 0.05) is 45.3 Å². The SMILES string of the molecule is CCN(Cc1ccccc1)C(=O)CNC(=NC)NC1CCN(C2CCCC2)C1.I. The Morgan fingerprint density at radius 1 is 1.21 bits per heavy atom. The maximum atomic E-state index is 12.6. The zero-order valence-electron chi connectivity index (χ0n) is 17.8. The van der Waals surface area contributed by atoms with Crippen LogP contribution in [0.1, 0.15) is 44.6 Å². The highest BCUT2D eigenvalue weighted by Crippen LogP contribution is 2.26. The number of hydrogen-bond donors (Lipinski definition) is 2. The number of guanidine groups is 1. The Balaban J connectivity index is 0.00000300. The van der Waals surface area contributed by atoms with Crippen LogP contribution in [0.4, 0.5) is 0 Å². The molecule has 2 aliphatic rings. The predicted octanol–water partition coefficient (Wildman–Crippen LogP) is 2.84. The number of nitrogens with zero attached hydrogens (tertiary/aromatic N) is 3. The predicted molar refractivity (Wildman–Crippen MR) is 130 cm³/mol. The molecule has 1 atom stereocenters. The molecule has 1 unspecified atom stereocenters. The molecule has 1 heterocycles. The van der Waals surface area contributed by atoms with Gasteiger partial charge in [0.15, 0.2) is 5.96 Å². The van der Waals surface area contributed by atoms with E-state index in [0.717, 1.165) is 30.5 Å². The Morgan fingerprint density at radius 3 is 2.59 bits per heavy atom. The molecule has 0 bridgehead atoms. The van der Waals surface area contributed by atoms with E-state index in [-0.39, 0.29) is 36.4 Å². The summed E-state index contributed by atoms with van der Waals surface area (Å²) in [4.78, 5) is 21.4. The Bertz CT molecular complexity index is 648. The summed E-state index contributed by atoms with van der Waals surface area (Å²) < 4.78 is 0. The molecule has 7 heteroatoms. The quantitative estimate of drug-likeness (QED) is 0.335. The molecular formula is C22H36IN5O. The number of carbonyl (C=O) groups excluding carboxylic acids is 1. The Labute approximate surface area is 192 Å². The van der Waals surface area contributed by atoms with Crippen molar-refractivity contribution in [3.8, 4) is 0 Å². The van der Waals surface area contributed by atoms with E-state index in [1.807, 2.05) is 30.0 Å². The van der Waals surface area contributed by atoms with Crippen LogP contribution in [0, 0.1) is 0 Å². The van der Waals surface area contributed by atoms with Crippen LogP contribution in [-0.2, 0) is 11.3 Å². The summed E-state index contributed by atoms with van der Waals surface area (Å²) in [5.74, 6) is 0.815. The molecule has 1 aliphatic heterocycles. The normalized spacial score (nSPS) is 20.3.